The molecule has 1 aliphatic rings. The second kappa shape index (κ2) is 5.93. The van der Waals surface area contributed by atoms with E-state index in [0.717, 1.165) is 18.2 Å². The number of hydrogen-bond acceptors (Lipinski definition) is 3. The largest absolute Gasteiger partial charge is 0.393 e. The van der Waals surface area contributed by atoms with Gasteiger partial charge in [-0.15, -0.1) is 0 Å². The van der Waals surface area contributed by atoms with Gasteiger partial charge in [0.2, 0.25) is 5.56 Å². The highest BCUT2D eigenvalue weighted by molar-refractivity contribution is 6.05. The summed E-state index contributed by atoms with van der Waals surface area (Å²) in [5, 5.41) is 10.5. The average Bonchev–Trinajstić information content (AvgIpc) is 2.53. The van der Waals surface area contributed by atoms with E-state index in [1.807, 2.05) is 18.2 Å². The first-order valence-electron chi connectivity index (χ1n) is 7.65. The molecule has 1 fully saturated rings. The molecule has 2 unspecified atom stereocenters. The number of benzene rings is 1. The number of fused-ring (bicyclic) bond motifs is 1. The Kier molecular flexibility index (Phi) is 3.98. The van der Waals surface area contributed by atoms with Crippen molar-refractivity contribution < 1.29 is 9.90 Å². The van der Waals surface area contributed by atoms with Gasteiger partial charge in [-0.2, -0.15) is 0 Å². The molecular weight excluding hydrogens is 280 g/mol. The summed E-state index contributed by atoms with van der Waals surface area (Å²) in [4.78, 5) is 29.1. The molecule has 2 aromatic rings. The summed E-state index contributed by atoms with van der Waals surface area (Å²) >= 11 is 0. The predicted octanol–water partition coefficient (Wildman–Crippen LogP) is 1.76. The van der Waals surface area contributed by atoms with E-state index in [1.165, 1.54) is 6.07 Å². The van der Waals surface area contributed by atoms with Crippen LogP contribution in [0.3, 0.4) is 0 Å². The summed E-state index contributed by atoms with van der Waals surface area (Å²) < 4.78 is 0. The number of hydrogen-bond donors (Lipinski definition) is 2. The minimum atomic E-state index is -0.425. The van der Waals surface area contributed by atoms with Crippen LogP contribution in [0, 0.1) is 5.92 Å². The number of carbonyl (C=O) groups is 1. The number of rotatable bonds is 2. The summed E-state index contributed by atoms with van der Waals surface area (Å²) in [5.74, 6) is -0.0291. The van der Waals surface area contributed by atoms with Crippen LogP contribution in [0.25, 0.3) is 10.9 Å². The van der Waals surface area contributed by atoms with Crippen molar-refractivity contribution in [2.24, 2.45) is 5.92 Å². The highest BCUT2D eigenvalue weighted by Crippen LogP contribution is 2.23. The van der Waals surface area contributed by atoms with Gasteiger partial charge < -0.3 is 15.0 Å². The van der Waals surface area contributed by atoms with E-state index in [2.05, 4.69) is 4.98 Å². The smallest absolute Gasteiger partial charge is 0.254 e. The van der Waals surface area contributed by atoms with Gasteiger partial charge in [0, 0.05) is 36.0 Å². The third-order valence-electron chi connectivity index (χ3n) is 4.41. The van der Waals surface area contributed by atoms with Gasteiger partial charge in [0.1, 0.15) is 0 Å². The molecule has 0 bridgehead atoms. The van der Waals surface area contributed by atoms with Crippen LogP contribution >= 0.6 is 0 Å². The summed E-state index contributed by atoms with van der Waals surface area (Å²) in [6.45, 7) is 2.97. The number of para-hydroxylation sites is 1. The maximum Gasteiger partial charge on any atom is 0.254 e. The molecule has 5 nitrogen and oxygen atoms in total. The van der Waals surface area contributed by atoms with E-state index in [0.29, 0.717) is 24.2 Å². The Bertz CT molecular complexity index is 751. The van der Waals surface area contributed by atoms with Crippen molar-refractivity contribution in [3.05, 3.63) is 46.2 Å². The van der Waals surface area contributed by atoms with E-state index in [4.69, 9.17) is 0 Å². The van der Waals surface area contributed by atoms with E-state index in [-0.39, 0.29) is 17.4 Å². The lowest BCUT2D eigenvalue weighted by Gasteiger charge is -2.34. The maximum atomic E-state index is 12.8. The van der Waals surface area contributed by atoms with Crippen LogP contribution in [-0.4, -0.2) is 40.1 Å². The predicted molar refractivity (Wildman–Crippen MR) is 84.9 cm³/mol. The van der Waals surface area contributed by atoms with Crippen molar-refractivity contribution in [1.82, 2.24) is 9.88 Å². The molecule has 0 aliphatic carbocycles. The lowest BCUT2D eigenvalue weighted by Crippen LogP contribution is -2.43. The number of aromatic nitrogens is 1. The second-order valence-electron chi connectivity index (χ2n) is 5.99. The van der Waals surface area contributed by atoms with Crippen LogP contribution in [0.15, 0.2) is 35.1 Å². The molecule has 1 aromatic heterocycles. The number of nitrogens with one attached hydrogen (secondary N) is 1. The number of H-pyrrole nitrogens is 1. The maximum absolute atomic E-state index is 12.8. The molecular formula is C17H20N2O3. The summed E-state index contributed by atoms with van der Waals surface area (Å²) in [7, 11) is 0. The molecule has 2 atom stereocenters. The molecule has 0 radical (unpaired) electrons. The van der Waals surface area contributed by atoms with Gasteiger partial charge in [-0.05, 0) is 25.8 Å². The first kappa shape index (κ1) is 14.8. The first-order chi connectivity index (χ1) is 10.6. The molecule has 0 saturated carbocycles. The monoisotopic (exact) mass is 300 g/mol. The Labute approximate surface area is 128 Å². The zero-order valence-corrected chi connectivity index (χ0v) is 12.6. The standard InChI is InChI=1S/C17H20N2O3/c1-11(20)12-5-4-8-19(10-12)17(22)14-9-16(21)18-15-7-3-2-6-13(14)15/h2-3,6-7,9,11-12,20H,4-5,8,10H2,1H3,(H,18,21). The Morgan fingerprint density at radius 1 is 1.41 bits per heavy atom. The van der Waals surface area contributed by atoms with E-state index in [1.54, 1.807) is 17.9 Å². The van der Waals surface area contributed by atoms with E-state index in [9.17, 15) is 14.7 Å². The number of aliphatic hydroxyl groups is 1. The zero-order valence-electron chi connectivity index (χ0n) is 12.6. The molecule has 1 saturated heterocycles. The third-order valence-corrected chi connectivity index (χ3v) is 4.41. The van der Waals surface area contributed by atoms with Crippen molar-refractivity contribution in [3.8, 4) is 0 Å². The molecule has 2 N–H and O–H groups in total. The third kappa shape index (κ3) is 2.76. The molecule has 1 aromatic carbocycles. The molecule has 22 heavy (non-hydrogen) atoms. The second-order valence-corrected chi connectivity index (χ2v) is 5.99. The SMILES string of the molecule is CC(O)C1CCCN(C(=O)c2cc(=O)[nH]c3ccccc23)C1. The number of piperidine rings is 1. The summed E-state index contributed by atoms with van der Waals surface area (Å²) in [6, 6.07) is 8.69. The van der Waals surface area contributed by atoms with Gasteiger partial charge in [-0.3, -0.25) is 9.59 Å². The topological polar surface area (TPSA) is 73.4 Å². The van der Waals surface area contributed by atoms with Crippen LogP contribution in [0.5, 0.6) is 0 Å². The van der Waals surface area contributed by atoms with Crippen molar-refractivity contribution in [2.75, 3.05) is 13.1 Å². The fourth-order valence-corrected chi connectivity index (χ4v) is 3.14. The molecule has 116 valence electrons. The number of pyridine rings is 1. The van der Waals surface area contributed by atoms with Crippen molar-refractivity contribution in [2.45, 2.75) is 25.9 Å². The number of aliphatic hydroxyl groups excluding tert-OH is 1. The number of aromatic amines is 1. The number of amides is 1. The molecule has 2 heterocycles. The average molecular weight is 300 g/mol. The Morgan fingerprint density at radius 2 is 2.18 bits per heavy atom. The van der Waals surface area contributed by atoms with Gasteiger partial charge in [0.05, 0.1) is 11.7 Å². The Hall–Kier alpha value is -2.14. The van der Waals surface area contributed by atoms with E-state index >= 15 is 0 Å². The molecule has 3 rings (SSSR count). The van der Waals surface area contributed by atoms with Crippen LogP contribution in [-0.2, 0) is 0 Å². The zero-order chi connectivity index (χ0) is 15.7. The Morgan fingerprint density at radius 3 is 2.95 bits per heavy atom. The molecule has 0 spiro atoms. The van der Waals surface area contributed by atoms with Crippen molar-refractivity contribution in [3.63, 3.8) is 0 Å². The Balaban J connectivity index is 1.97. The van der Waals surface area contributed by atoms with Gasteiger partial charge >= 0.3 is 0 Å². The number of nitrogens with zero attached hydrogens (tertiary/aromatic N) is 1. The molecule has 5 heteroatoms. The lowest BCUT2D eigenvalue weighted by molar-refractivity contribution is 0.0467. The number of carbonyl (C=O) groups excluding carboxylic acids is 1. The van der Waals surface area contributed by atoms with Gasteiger partial charge in [-0.1, -0.05) is 18.2 Å². The van der Waals surface area contributed by atoms with Gasteiger partial charge in [0.25, 0.3) is 5.91 Å². The quantitative estimate of drug-likeness (QED) is 0.887. The fourth-order valence-electron chi connectivity index (χ4n) is 3.14. The van der Waals surface area contributed by atoms with Gasteiger partial charge in [0.15, 0.2) is 0 Å². The van der Waals surface area contributed by atoms with E-state index < -0.39 is 6.10 Å². The highest BCUT2D eigenvalue weighted by atomic mass is 16.3. The van der Waals surface area contributed by atoms with Crippen molar-refractivity contribution >= 4 is 16.8 Å². The minimum Gasteiger partial charge on any atom is -0.393 e. The highest BCUT2D eigenvalue weighted by Gasteiger charge is 2.28. The molecule has 1 amide bonds. The van der Waals surface area contributed by atoms with Crippen molar-refractivity contribution in [1.29, 1.82) is 0 Å². The number of likely N-dealkylation sites (tertiary alicyclic amines) is 1. The summed E-state index contributed by atoms with van der Waals surface area (Å²) in [6.07, 6.45) is 1.38. The van der Waals surface area contributed by atoms with Crippen LogP contribution in [0.1, 0.15) is 30.1 Å². The lowest BCUT2D eigenvalue weighted by atomic mass is 9.93. The molecule has 1 aliphatic heterocycles. The fraction of sp³-hybridized carbons (Fsp3) is 0.412. The van der Waals surface area contributed by atoms with Crippen LogP contribution < -0.4 is 5.56 Å². The van der Waals surface area contributed by atoms with Crippen LogP contribution in [0.2, 0.25) is 0 Å². The minimum absolute atomic E-state index is 0.103. The van der Waals surface area contributed by atoms with Gasteiger partial charge in [-0.25, -0.2) is 0 Å². The normalized spacial score (nSPS) is 20.1. The van der Waals surface area contributed by atoms with Crippen LogP contribution in [0.4, 0.5) is 0 Å². The summed E-state index contributed by atoms with van der Waals surface area (Å²) in [5.41, 5.74) is 0.833. The first-order valence-corrected chi connectivity index (χ1v) is 7.65.